The van der Waals surface area contributed by atoms with Gasteiger partial charge in [0.05, 0.1) is 23.7 Å². The molecule has 0 aliphatic carbocycles. The smallest absolute Gasteiger partial charge is 0.149 e. The Morgan fingerprint density at radius 2 is 2.11 bits per heavy atom. The zero-order valence-corrected chi connectivity index (χ0v) is 12.5. The third kappa shape index (κ3) is 5.38. The monoisotopic (exact) mass is 286 g/mol. The van der Waals surface area contributed by atoms with Gasteiger partial charge in [-0.25, -0.2) is 8.42 Å². The Morgan fingerprint density at radius 3 is 2.68 bits per heavy atom. The summed E-state index contributed by atoms with van der Waals surface area (Å²) in [6.07, 6.45) is 2.12. The third-order valence-electron chi connectivity index (χ3n) is 2.48. The van der Waals surface area contributed by atoms with E-state index in [-0.39, 0.29) is 11.8 Å². The summed E-state index contributed by atoms with van der Waals surface area (Å²) < 4.78 is 28.0. The zero-order chi connectivity index (χ0) is 14.5. The van der Waals surface area contributed by atoms with Gasteiger partial charge in [-0.2, -0.15) is 0 Å². The molecule has 0 bridgehead atoms. The van der Waals surface area contributed by atoms with E-state index in [4.69, 9.17) is 10.5 Å². The number of hydrogen-bond donors (Lipinski definition) is 2. The highest BCUT2D eigenvalue weighted by atomic mass is 32.2. The highest BCUT2D eigenvalue weighted by Crippen LogP contribution is 2.29. The first-order valence-corrected chi connectivity index (χ1v) is 8.35. The van der Waals surface area contributed by atoms with Crippen LogP contribution in [0, 0.1) is 0 Å². The normalized spacial score (nSPS) is 13.0. The van der Waals surface area contributed by atoms with E-state index in [0.717, 1.165) is 6.42 Å². The van der Waals surface area contributed by atoms with Gasteiger partial charge in [0, 0.05) is 12.3 Å². The van der Waals surface area contributed by atoms with Crippen molar-refractivity contribution in [3.05, 3.63) is 18.2 Å². The third-order valence-corrected chi connectivity index (χ3v) is 3.59. The van der Waals surface area contributed by atoms with Gasteiger partial charge in [-0.05, 0) is 25.5 Å². The summed E-state index contributed by atoms with van der Waals surface area (Å²) in [5, 5.41) is 3.10. The number of hydrogen-bond acceptors (Lipinski definition) is 5. The Labute approximate surface area is 115 Å². The molecule has 0 saturated carbocycles. The largest absolute Gasteiger partial charge is 0.491 e. The molecule has 0 aliphatic heterocycles. The number of ether oxygens (including phenoxy) is 1. The minimum absolute atomic E-state index is 0.0620. The molecule has 0 radical (unpaired) electrons. The summed E-state index contributed by atoms with van der Waals surface area (Å²) in [5.74, 6) is 0.686. The lowest BCUT2D eigenvalue weighted by Crippen LogP contribution is -2.25. The maximum atomic E-state index is 11.2. The Morgan fingerprint density at radius 1 is 1.42 bits per heavy atom. The second-order valence-corrected chi connectivity index (χ2v) is 6.89. The van der Waals surface area contributed by atoms with Crippen LogP contribution < -0.4 is 15.8 Å². The lowest BCUT2D eigenvalue weighted by atomic mass is 10.2. The van der Waals surface area contributed by atoms with Crippen molar-refractivity contribution in [2.45, 2.75) is 26.3 Å². The van der Waals surface area contributed by atoms with Crippen LogP contribution in [0.25, 0.3) is 0 Å². The summed E-state index contributed by atoms with van der Waals surface area (Å²) in [5.41, 5.74) is 7.21. The molecule has 6 heteroatoms. The molecule has 0 amide bonds. The van der Waals surface area contributed by atoms with Crippen LogP contribution >= 0.6 is 0 Å². The quantitative estimate of drug-likeness (QED) is 0.748. The van der Waals surface area contributed by atoms with Gasteiger partial charge in [-0.1, -0.05) is 13.0 Å². The molecule has 0 heterocycles. The first kappa shape index (κ1) is 15.6. The van der Waals surface area contributed by atoms with Gasteiger partial charge in [0.1, 0.15) is 15.6 Å². The van der Waals surface area contributed by atoms with E-state index in [1.165, 1.54) is 6.26 Å². The van der Waals surface area contributed by atoms with Gasteiger partial charge in [-0.3, -0.25) is 0 Å². The Bertz CT molecular complexity index is 515. The van der Waals surface area contributed by atoms with Crippen molar-refractivity contribution in [3.63, 3.8) is 0 Å². The van der Waals surface area contributed by atoms with Crippen molar-refractivity contribution in [2.24, 2.45) is 0 Å². The van der Waals surface area contributed by atoms with Gasteiger partial charge in [0.2, 0.25) is 0 Å². The van der Waals surface area contributed by atoms with E-state index in [0.29, 0.717) is 23.7 Å². The predicted molar refractivity (Wildman–Crippen MR) is 79.4 cm³/mol. The summed E-state index contributed by atoms with van der Waals surface area (Å²) in [6.45, 7) is 4.43. The number of benzene rings is 1. The first-order chi connectivity index (χ1) is 8.83. The zero-order valence-electron chi connectivity index (χ0n) is 11.6. The molecule has 3 N–H and O–H groups in total. The fourth-order valence-electron chi connectivity index (χ4n) is 1.77. The van der Waals surface area contributed by atoms with Crippen LogP contribution in [0.15, 0.2) is 18.2 Å². The average molecular weight is 286 g/mol. The summed E-state index contributed by atoms with van der Waals surface area (Å²) in [7, 11) is -3.02. The van der Waals surface area contributed by atoms with E-state index >= 15 is 0 Å². The fraction of sp³-hybridized carbons (Fsp3) is 0.538. The number of nitrogens with one attached hydrogen (secondary N) is 1. The lowest BCUT2D eigenvalue weighted by molar-refractivity contribution is 0.319. The van der Waals surface area contributed by atoms with Crippen LogP contribution in [0.4, 0.5) is 11.4 Å². The van der Waals surface area contributed by atoms with Gasteiger partial charge >= 0.3 is 0 Å². The molecule has 5 nitrogen and oxygen atoms in total. The Balaban J connectivity index is 2.78. The minimum atomic E-state index is -3.02. The molecule has 0 aromatic heterocycles. The molecular weight excluding hydrogens is 264 g/mol. The molecule has 0 aliphatic rings. The molecule has 1 atom stereocenters. The predicted octanol–water partition coefficient (Wildman–Crippen LogP) is 1.90. The number of nitrogen functional groups attached to an aromatic ring is 1. The first-order valence-electron chi connectivity index (χ1n) is 6.29. The second kappa shape index (κ2) is 6.65. The number of sulfone groups is 1. The summed E-state index contributed by atoms with van der Waals surface area (Å²) >= 11 is 0. The highest BCUT2D eigenvalue weighted by Gasteiger charge is 2.13. The molecule has 1 rings (SSSR count). The van der Waals surface area contributed by atoms with E-state index in [1.807, 2.05) is 19.1 Å². The van der Waals surface area contributed by atoms with Crippen LogP contribution in [0.5, 0.6) is 5.75 Å². The second-order valence-electron chi connectivity index (χ2n) is 4.70. The molecule has 19 heavy (non-hydrogen) atoms. The van der Waals surface area contributed by atoms with Crippen molar-refractivity contribution < 1.29 is 13.2 Å². The van der Waals surface area contributed by atoms with Crippen molar-refractivity contribution in [1.29, 1.82) is 0 Å². The van der Waals surface area contributed by atoms with Crippen LogP contribution in [-0.4, -0.2) is 33.1 Å². The molecular formula is C13H22N2O3S. The van der Waals surface area contributed by atoms with Crippen LogP contribution in [0.2, 0.25) is 0 Å². The van der Waals surface area contributed by atoms with Crippen molar-refractivity contribution >= 4 is 21.2 Å². The van der Waals surface area contributed by atoms with E-state index in [1.54, 1.807) is 13.0 Å². The fourth-order valence-corrected chi connectivity index (χ4v) is 2.76. The molecule has 1 unspecified atom stereocenters. The SMILES string of the molecule is CCCOc1cccc(NC(C)CS(C)(=O)=O)c1N. The number of para-hydroxylation sites is 1. The van der Waals surface area contributed by atoms with Crippen molar-refractivity contribution in [2.75, 3.05) is 29.7 Å². The number of nitrogens with two attached hydrogens (primary N) is 1. The maximum absolute atomic E-state index is 11.2. The Hall–Kier alpha value is -1.43. The molecule has 1 aromatic rings. The van der Waals surface area contributed by atoms with E-state index < -0.39 is 9.84 Å². The highest BCUT2D eigenvalue weighted by molar-refractivity contribution is 7.90. The van der Waals surface area contributed by atoms with Gasteiger partial charge in [0.15, 0.2) is 0 Å². The standard InChI is InChI=1S/C13H22N2O3S/c1-4-8-18-12-7-5-6-11(13(12)14)15-10(2)9-19(3,16)17/h5-7,10,15H,4,8-9,14H2,1-3H3. The molecule has 108 valence electrons. The van der Waals surface area contributed by atoms with Gasteiger partial charge < -0.3 is 15.8 Å². The topological polar surface area (TPSA) is 81.4 Å². The number of rotatable bonds is 7. The molecule has 0 fully saturated rings. The Kier molecular flexibility index (Phi) is 5.47. The minimum Gasteiger partial charge on any atom is -0.491 e. The van der Waals surface area contributed by atoms with Gasteiger partial charge in [0.25, 0.3) is 0 Å². The molecule has 0 saturated heterocycles. The van der Waals surface area contributed by atoms with Crippen molar-refractivity contribution in [1.82, 2.24) is 0 Å². The molecule has 0 spiro atoms. The lowest BCUT2D eigenvalue weighted by Gasteiger charge is -2.17. The van der Waals surface area contributed by atoms with Crippen molar-refractivity contribution in [3.8, 4) is 5.75 Å². The van der Waals surface area contributed by atoms with Crippen LogP contribution in [0.1, 0.15) is 20.3 Å². The number of anilines is 2. The summed E-state index contributed by atoms with van der Waals surface area (Å²) in [6, 6.07) is 5.24. The van der Waals surface area contributed by atoms with E-state index in [2.05, 4.69) is 5.32 Å². The molecule has 1 aromatic carbocycles. The van der Waals surface area contributed by atoms with Gasteiger partial charge in [-0.15, -0.1) is 0 Å². The average Bonchev–Trinajstić information content (AvgIpc) is 2.28. The maximum Gasteiger partial charge on any atom is 0.149 e. The van der Waals surface area contributed by atoms with Crippen LogP contribution in [-0.2, 0) is 9.84 Å². The summed E-state index contributed by atoms with van der Waals surface area (Å²) in [4.78, 5) is 0. The van der Waals surface area contributed by atoms with Crippen LogP contribution in [0.3, 0.4) is 0 Å². The van der Waals surface area contributed by atoms with E-state index in [9.17, 15) is 8.42 Å².